The topological polar surface area (TPSA) is 77.1 Å². The molecule has 0 aliphatic carbocycles. The van der Waals surface area contributed by atoms with Gasteiger partial charge in [0.25, 0.3) is 0 Å². The van der Waals surface area contributed by atoms with Gasteiger partial charge >= 0.3 is 0 Å². The van der Waals surface area contributed by atoms with Gasteiger partial charge in [-0.15, -0.1) is 0 Å². The normalized spacial score (nSPS) is 11.2. The average molecular weight is 307 g/mol. The van der Waals surface area contributed by atoms with Crippen LogP contribution < -0.4 is 15.2 Å². The van der Waals surface area contributed by atoms with Gasteiger partial charge in [-0.05, 0) is 29.8 Å². The van der Waals surface area contributed by atoms with Gasteiger partial charge < -0.3 is 20.4 Å². The fraction of sp³-hybridized carbons (Fsp3) is 0.133. The highest BCUT2D eigenvalue weighted by Gasteiger charge is 2.06. The Morgan fingerprint density at radius 3 is 2.48 bits per heavy atom. The van der Waals surface area contributed by atoms with Gasteiger partial charge in [0.1, 0.15) is 18.1 Å². The highest BCUT2D eigenvalue weighted by Crippen LogP contribution is 2.23. The van der Waals surface area contributed by atoms with Crippen LogP contribution in [-0.4, -0.2) is 18.2 Å². The van der Waals surface area contributed by atoms with Gasteiger partial charge in [-0.1, -0.05) is 28.9 Å². The zero-order valence-electron chi connectivity index (χ0n) is 11.4. The van der Waals surface area contributed by atoms with Crippen molar-refractivity contribution in [3.8, 4) is 11.5 Å². The van der Waals surface area contributed by atoms with Gasteiger partial charge in [0.2, 0.25) is 0 Å². The monoisotopic (exact) mass is 306 g/mol. The Labute approximate surface area is 127 Å². The summed E-state index contributed by atoms with van der Waals surface area (Å²) in [6.45, 7) is 0.375. The summed E-state index contributed by atoms with van der Waals surface area (Å²) in [6, 6.07) is 12.4. The maximum atomic E-state index is 8.75. The summed E-state index contributed by atoms with van der Waals surface area (Å²) >= 11 is 5.83. The van der Waals surface area contributed by atoms with Crippen LogP contribution in [0.5, 0.6) is 11.5 Å². The number of methoxy groups -OCH3 is 1. The van der Waals surface area contributed by atoms with Crippen LogP contribution >= 0.6 is 11.6 Å². The number of benzene rings is 2. The third kappa shape index (κ3) is 4.03. The van der Waals surface area contributed by atoms with E-state index in [1.54, 1.807) is 30.3 Å². The van der Waals surface area contributed by atoms with E-state index in [1.807, 2.05) is 12.1 Å². The molecule has 0 unspecified atom stereocenters. The molecule has 0 saturated heterocycles. The van der Waals surface area contributed by atoms with E-state index in [-0.39, 0.29) is 5.84 Å². The van der Waals surface area contributed by atoms with E-state index in [4.69, 9.17) is 32.0 Å². The molecule has 0 aliphatic rings. The number of ether oxygens (including phenoxy) is 2. The van der Waals surface area contributed by atoms with E-state index >= 15 is 0 Å². The van der Waals surface area contributed by atoms with E-state index in [0.29, 0.717) is 28.7 Å². The lowest BCUT2D eigenvalue weighted by atomic mass is 10.2. The lowest BCUT2D eigenvalue weighted by Crippen LogP contribution is -2.13. The Hall–Kier alpha value is -2.40. The van der Waals surface area contributed by atoms with Gasteiger partial charge in [-0.25, -0.2) is 0 Å². The Morgan fingerprint density at radius 2 is 1.86 bits per heavy atom. The molecule has 0 heterocycles. The van der Waals surface area contributed by atoms with Crippen LogP contribution in [0.1, 0.15) is 11.1 Å². The zero-order valence-corrected chi connectivity index (χ0v) is 12.2. The Morgan fingerprint density at radius 1 is 1.19 bits per heavy atom. The van der Waals surface area contributed by atoms with Gasteiger partial charge in [0.15, 0.2) is 5.84 Å². The van der Waals surface area contributed by atoms with Crippen molar-refractivity contribution in [3.63, 3.8) is 0 Å². The first kappa shape index (κ1) is 15.0. The SMILES string of the molecule is COc1cc(OCc2ccc(Cl)cc2)cc(/C(N)=N/O)c1. The van der Waals surface area contributed by atoms with Crippen molar-refractivity contribution in [2.75, 3.05) is 7.11 Å². The molecule has 0 saturated carbocycles. The van der Waals surface area contributed by atoms with E-state index in [0.717, 1.165) is 5.56 Å². The second-order valence-corrected chi connectivity index (χ2v) is 4.73. The molecule has 6 heteroatoms. The Balaban J connectivity index is 2.17. The molecule has 5 nitrogen and oxygen atoms in total. The number of nitrogens with two attached hydrogens (primary N) is 1. The maximum absolute atomic E-state index is 8.75. The van der Waals surface area contributed by atoms with Gasteiger partial charge in [0, 0.05) is 16.7 Å². The second kappa shape index (κ2) is 6.85. The predicted molar refractivity (Wildman–Crippen MR) is 81.3 cm³/mol. The number of oxime groups is 1. The third-order valence-corrected chi connectivity index (χ3v) is 3.09. The van der Waals surface area contributed by atoms with Crippen molar-refractivity contribution < 1.29 is 14.7 Å². The molecule has 0 aromatic heterocycles. The van der Waals surface area contributed by atoms with Crippen LogP contribution in [0.4, 0.5) is 0 Å². The standard InChI is InChI=1S/C15H15ClN2O3/c1-20-13-6-11(15(17)18-19)7-14(8-13)21-9-10-2-4-12(16)5-3-10/h2-8,19H,9H2,1H3,(H2,17,18). The highest BCUT2D eigenvalue weighted by atomic mass is 35.5. The van der Waals surface area contributed by atoms with E-state index < -0.39 is 0 Å². The molecular weight excluding hydrogens is 292 g/mol. The van der Waals surface area contributed by atoms with Crippen LogP contribution in [0.2, 0.25) is 5.02 Å². The van der Waals surface area contributed by atoms with Crippen molar-refractivity contribution in [1.82, 2.24) is 0 Å². The maximum Gasteiger partial charge on any atom is 0.170 e. The lowest BCUT2D eigenvalue weighted by Gasteiger charge is -2.10. The van der Waals surface area contributed by atoms with E-state index in [9.17, 15) is 0 Å². The van der Waals surface area contributed by atoms with Crippen LogP contribution in [0.3, 0.4) is 0 Å². The van der Waals surface area contributed by atoms with E-state index in [1.165, 1.54) is 7.11 Å². The number of hydrogen-bond acceptors (Lipinski definition) is 4. The number of amidine groups is 1. The fourth-order valence-corrected chi connectivity index (χ4v) is 1.85. The molecule has 0 radical (unpaired) electrons. The second-order valence-electron chi connectivity index (χ2n) is 4.30. The molecule has 0 amide bonds. The molecule has 0 bridgehead atoms. The molecule has 2 rings (SSSR count). The summed E-state index contributed by atoms with van der Waals surface area (Å²) in [5.41, 5.74) is 7.08. The number of hydrogen-bond donors (Lipinski definition) is 2. The van der Waals surface area contributed by atoms with Crippen molar-refractivity contribution in [2.45, 2.75) is 6.61 Å². The van der Waals surface area contributed by atoms with E-state index in [2.05, 4.69) is 5.16 Å². The van der Waals surface area contributed by atoms with Crippen molar-refractivity contribution in [3.05, 3.63) is 58.6 Å². The quantitative estimate of drug-likeness (QED) is 0.385. The minimum atomic E-state index is -0.00903. The van der Waals surface area contributed by atoms with Crippen molar-refractivity contribution in [2.24, 2.45) is 10.9 Å². The number of rotatable bonds is 5. The molecule has 3 N–H and O–H groups in total. The molecule has 0 aliphatic heterocycles. The zero-order chi connectivity index (χ0) is 15.2. The molecule has 0 atom stereocenters. The van der Waals surface area contributed by atoms with Crippen LogP contribution in [0.15, 0.2) is 47.6 Å². The molecule has 0 spiro atoms. The van der Waals surface area contributed by atoms with Crippen molar-refractivity contribution >= 4 is 17.4 Å². The molecule has 2 aromatic carbocycles. The molecular formula is C15H15ClN2O3. The first-order valence-electron chi connectivity index (χ1n) is 6.16. The minimum Gasteiger partial charge on any atom is -0.497 e. The summed E-state index contributed by atoms with van der Waals surface area (Å²) < 4.78 is 10.9. The van der Waals surface area contributed by atoms with Gasteiger partial charge in [-0.3, -0.25) is 0 Å². The number of halogens is 1. The Bertz CT molecular complexity index is 642. The highest BCUT2D eigenvalue weighted by molar-refractivity contribution is 6.30. The fourth-order valence-electron chi connectivity index (χ4n) is 1.73. The summed E-state index contributed by atoms with van der Waals surface area (Å²) in [4.78, 5) is 0. The smallest absolute Gasteiger partial charge is 0.170 e. The first-order valence-corrected chi connectivity index (χ1v) is 6.54. The summed E-state index contributed by atoms with van der Waals surface area (Å²) in [5.74, 6) is 1.11. The summed E-state index contributed by atoms with van der Waals surface area (Å²) in [6.07, 6.45) is 0. The number of nitrogens with zero attached hydrogens (tertiary/aromatic N) is 1. The van der Waals surface area contributed by atoms with Gasteiger partial charge in [0.05, 0.1) is 7.11 Å². The largest absolute Gasteiger partial charge is 0.497 e. The molecule has 0 fully saturated rings. The van der Waals surface area contributed by atoms with Crippen LogP contribution in [-0.2, 0) is 6.61 Å². The lowest BCUT2D eigenvalue weighted by molar-refractivity contribution is 0.303. The third-order valence-electron chi connectivity index (χ3n) is 2.84. The predicted octanol–water partition coefficient (Wildman–Crippen LogP) is 3.02. The molecule has 2 aromatic rings. The Kier molecular flexibility index (Phi) is 4.90. The molecule has 110 valence electrons. The van der Waals surface area contributed by atoms with Crippen LogP contribution in [0.25, 0.3) is 0 Å². The average Bonchev–Trinajstić information content (AvgIpc) is 2.53. The molecule has 21 heavy (non-hydrogen) atoms. The summed E-state index contributed by atoms with van der Waals surface area (Å²) in [7, 11) is 1.54. The minimum absolute atomic E-state index is 0.00903. The van der Waals surface area contributed by atoms with Crippen LogP contribution in [0, 0.1) is 0 Å². The van der Waals surface area contributed by atoms with Crippen molar-refractivity contribution in [1.29, 1.82) is 0 Å². The summed E-state index contributed by atoms with van der Waals surface area (Å²) in [5, 5.41) is 12.4. The van der Waals surface area contributed by atoms with Gasteiger partial charge in [-0.2, -0.15) is 0 Å². The first-order chi connectivity index (χ1) is 10.1.